The van der Waals surface area contributed by atoms with Gasteiger partial charge in [0.25, 0.3) is 0 Å². The van der Waals surface area contributed by atoms with Gasteiger partial charge in [0.05, 0.1) is 17.4 Å². The number of hydrogen-bond acceptors (Lipinski definition) is 3. The van der Waals surface area contributed by atoms with Gasteiger partial charge in [0.2, 0.25) is 5.91 Å². The largest absolute Gasteiger partial charge is 0.481 e. The van der Waals surface area contributed by atoms with Gasteiger partial charge in [0.15, 0.2) is 0 Å². The van der Waals surface area contributed by atoms with Crippen LogP contribution in [-0.2, 0) is 20.7 Å². The third-order valence-electron chi connectivity index (χ3n) is 6.54. The first-order valence-electron chi connectivity index (χ1n) is 9.87. The first-order chi connectivity index (χ1) is 13.0. The van der Waals surface area contributed by atoms with Crippen LogP contribution in [0.1, 0.15) is 37.7 Å². The molecular formula is C21H26ClNO4. The van der Waals surface area contributed by atoms with E-state index in [0.29, 0.717) is 32.5 Å². The molecule has 3 fully saturated rings. The molecule has 1 aromatic carbocycles. The smallest absolute Gasteiger partial charge is 0.309 e. The second-order valence-electron chi connectivity index (χ2n) is 8.25. The van der Waals surface area contributed by atoms with E-state index in [1.165, 1.54) is 0 Å². The summed E-state index contributed by atoms with van der Waals surface area (Å²) in [5.74, 6) is -0.681. The van der Waals surface area contributed by atoms with E-state index in [-0.39, 0.29) is 23.3 Å². The molecule has 1 amide bonds. The number of aliphatic carboxylic acids is 1. The molecule has 3 aliphatic rings. The van der Waals surface area contributed by atoms with Crippen LogP contribution in [0.2, 0.25) is 5.02 Å². The Balaban J connectivity index is 1.36. The molecule has 1 aliphatic carbocycles. The Morgan fingerprint density at radius 2 is 1.89 bits per heavy atom. The molecule has 6 heteroatoms. The molecule has 2 saturated heterocycles. The highest BCUT2D eigenvalue weighted by molar-refractivity contribution is 6.31. The zero-order chi connectivity index (χ0) is 19.0. The van der Waals surface area contributed by atoms with Crippen LogP contribution < -0.4 is 0 Å². The van der Waals surface area contributed by atoms with Crippen LogP contribution in [-0.4, -0.2) is 47.7 Å². The number of piperidine rings is 1. The Kier molecular flexibility index (Phi) is 5.17. The summed E-state index contributed by atoms with van der Waals surface area (Å²) in [5, 5.41) is 10.1. The molecule has 2 heterocycles. The summed E-state index contributed by atoms with van der Waals surface area (Å²) >= 11 is 6.29. The summed E-state index contributed by atoms with van der Waals surface area (Å²) in [6.07, 6.45) is 4.59. The molecule has 0 radical (unpaired) electrons. The number of hydrogen-bond donors (Lipinski definition) is 1. The zero-order valence-electron chi connectivity index (χ0n) is 15.4. The molecule has 0 bridgehead atoms. The van der Waals surface area contributed by atoms with Crippen molar-refractivity contribution in [3.8, 4) is 0 Å². The number of benzene rings is 1. The van der Waals surface area contributed by atoms with E-state index < -0.39 is 11.9 Å². The predicted octanol–water partition coefficient (Wildman–Crippen LogP) is 3.39. The Morgan fingerprint density at radius 3 is 2.52 bits per heavy atom. The molecule has 5 nitrogen and oxygen atoms in total. The van der Waals surface area contributed by atoms with Crippen LogP contribution in [0, 0.1) is 17.3 Å². The van der Waals surface area contributed by atoms with E-state index in [0.717, 1.165) is 36.3 Å². The van der Waals surface area contributed by atoms with Gasteiger partial charge < -0.3 is 14.7 Å². The number of carbonyl (C=O) groups excluding carboxylic acids is 1. The lowest BCUT2D eigenvalue weighted by Crippen LogP contribution is -2.46. The molecule has 1 aromatic rings. The molecule has 2 aliphatic heterocycles. The van der Waals surface area contributed by atoms with Crippen molar-refractivity contribution in [1.82, 2.24) is 4.90 Å². The Bertz CT molecular complexity index is 725. The summed E-state index contributed by atoms with van der Waals surface area (Å²) in [5.41, 5.74) is 0.759. The van der Waals surface area contributed by atoms with E-state index in [2.05, 4.69) is 0 Å². The second kappa shape index (κ2) is 7.44. The maximum absolute atomic E-state index is 13.2. The van der Waals surface area contributed by atoms with Gasteiger partial charge in [-0.3, -0.25) is 9.59 Å². The van der Waals surface area contributed by atoms with Gasteiger partial charge in [-0.05, 0) is 56.1 Å². The molecule has 27 heavy (non-hydrogen) atoms. The third-order valence-corrected chi connectivity index (χ3v) is 6.91. The standard InChI is InChI=1S/C21H26ClNO4/c22-17-4-2-1-3-15(17)13-21(8-9-21)20(26)23-10-5-14(6-11-23)18-16(19(24)25)7-12-27-18/h1-4,14,16,18H,5-13H2,(H,24,25)/t16?,18-/m0/s1. The molecular weight excluding hydrogens is 366 g/mol. The summed E-state index contributed by atoms with van der Waals surface area (Å²) < 4.78 is 5.73. The lowest BCUT2D eigenvalue weighted by atomic mass is 9.83. The van der Waals surface area contributed by atoms with Crippen molar-refractivity contribution in [3.05, 3.63) is 34.9 Å². The van der Waals surface area contributed by atoms with Crippen molar-refractivity contribution in [2.45, 2.75) is 44.6 Å². The van der Waals surface area contributed by atoms with Crippen LogP contribution in [0.25, 0.3) is 0 Å². The van der Waals surface area contributed by atoms with Crippen LogP contribution in [0.15, 0.2) is 24.3 Å². The number of carbonyl (C=O) groups is 2. The van der Waals surface area contributed by atoms with Crippen molar-refractivity contribution in [1.29, 1.82) is 0 Å². The van der Waals surface area contributed by atoms with E-state index >= 15 is 0 Å². The Hall–Kier alpha value is -1.59. The van der Waals surface area contributed by atoms with E-state index in [1.807, 2.05) is 29.2 Å². The van der Waals surface area contributed by atoms with Crippen LogP contribution in [0.5, 0.6) is 0 Å². The van der Waals surface area contributed by atoms with Crippen LogP contribution >= 0.6 is 11.6 Å². The van der Waals surface area contributed by atoms with Crippen LogP contribution in [0.3, 0.4) is 0 Å². The highest BCUT2D eigenvalue weighted by atomic mass is 35.5. The highest BCUT2D eigenvalue weighted by Crippen LogP contribution is 2.51. The average molecular weight is 392 g/mol. The number of nitrogens with zero attached hydrogens (tertiary/aromatic N) is 1. The molecule has 0 spiro atoms. The van der Waals surface area contributed by atoms with E-state index in [4.69, 9.17) is 16.3 Å². The Labute approximate surface area is 164 Å². The van der Waals surface area contributed by atoms with Crippen molar-refractivity contribution >= 4 is 23.5 Å². The fourth-order valence-corrected chi connectivity index (χ4v) is 4.93. The van der Waals surface area contributed by atoms with Crippen molar-refractivity contribution in [2.24, 2.45) is 17.3 Å². The minimum atomic E-state index is -0.757. The van der Waals surface area contributed by atoms with Crippen molar-refractivity contribution in [3.63, 3.8) is 0 Å². The van der Waals surface area contributed by atoms with Crippen molar-refractivity contribution < 1.29 is 19.4 Å². The molecule has 4 rings (SSSR count). The van der Waals surface area contributed by atoms with E-state index in [1.54, 1.807) is 0 Å². The molecule has 1 unspecified atom stereocenters. The van der Waals surface area contributed by atoms with E-state index in [9.17, 15) is 14.7 Å². The SMILES string of the molecule is O=C(O)C1CCO[C@H]1C1CCN(C(=O)C2(Cc3ccccc3Cl)CC2)CC1. The fraction of sp³-hybridized carbons (Fsp3) is 0.619. The molecule has 1 saturated carbocycles. The number of likely N-dealkylation sites (tertiary alicyclic amines) is 1. The molecule has 146 valence electrons. The lowest BCUT2D eigenvalue weighted by Gasteiger charge is -2.37. The maximum Gasteiger partial charge on any atom is 0.309 e. The third kappa shape index (κ3) is 3.72. The minimum absolute atomic E-state index is 0.197. The predicted molar refractivity (Wildman–Crippen MR) is 102 cm³/mol. The normalized spacial score (nSPS) is 27.5. The minimum Gasteiger partial charge on any atom is -0.481 e. The highest BCUT2D eigenvalue weighted by Gasteiger charge is 2.52. The maximum atomic E-state index is 13.2. The monoisotopic (exact) mass is 391 g/mol. The topological polar surface area (TPSA) is 66.8 Å². The average Bonchev–Trinajstić information content (AvgIpc) is 3.27. The second-order valence-corrected chi connectivity index (χ2v) is 8.65. The van der Waals surface area contributed by atoms with Crippen LogP contribution in [0.4, 0.5) is 0 Å². The van der Waals surface area contributed by atoms with Gasteiger partial charge >= 0.3 is 5.97 Å². The molecule has 1 N–H and O–H groups in total. The van der Waals surface area contributed by atoms with Gasteiger partial charge in [-0.15, -0.1) is 0 Å². The summed E-state index contributed by atoms with van der Waals surface area (Å²) in [6, 6.07) is 7.76. The van der Waals surface area contributed by atoms with Crippen molar-refractivity contribution in [2.75, 3.05) is 19.7 Å². The first kappa shape index (κ1) is 18.8. The summed E-state index contributed by atoms with van der Waals surface area (Å²) in [6.45, 7) is 1.92. The van der Waals surface area contributed by atoms with Gasteiger partial charge in [-0.25, -0.2) is 0 Å². The summed E-state index contributed by atoms with van der Waals surface area (Å²) in [4.78, 5) is 26.5. The van der Waals surface area contributed by atoms with Gasteiger partial charge in [0, 0.05) is 24.7 Å². The summed E-state index contributed by atoms with van der Waals surface area (Å²) in [7, 11) is 0. The quantitative estimate of drug-likeness (QED) is 0.835. The first-order valence-corrected chi connectivity index (χ1v) is 10.3. The lowest BCUT2D eigenvalue weighted by molar-refractivity contribution is -0.146. The fourth-order valence-electron chi connectivity index (χ4n) is 4.73. The number of carboxylic acid groups (broad SMARTS) is 1. The Morgan fingerprint density at radius 1 is 1.19 bits per heavy atom. The van der Waals surface area contributed by atoms with Gasteiger partial charge in [0.1, 0.15) is 0 Å². The number of halogens is 1. The number of rotatable bonds is 5. The number of carboxylic acids is 1. The van der Waals surface area contributed by atoms with Gasteiger partial charge in [-0.2, -0.15) is 0 Å². The number of ether oxygens (including phenoxy) is 1. The molecule has 2 atom stereocenters. The molecule has 0 aromatic heterocycles. The number of amides is 1. The van der Waals surface area contributed by atoms with Gasteiger partial charge in [-0.1, -0.05) is 29.8 Å². The zero-order valence-corrected chi connectivity index (χ0v) is 16.2.